The molecule has 1 saturated heterocycles. The molecule has 3 aromatic rings. The van der Waals surface area contributed by atoms with E-state index < -0.39 is 0 Å². The number of carbonyl (C=O) groups is 1. The highest BCUT2D eigenvalue weighted by atomic mass is 16.5. The highest BCUT2D eigenvalue weighted by Crippen LogP contribution is 2.21. The predicted molar refractivity (Wildman–Crippen MR) is 107 cm³/mol. The fraction of sp³-hybridized carbons (Fsp3) is 0.273. The van der Waals surface area contributed by atoms with Gasteiger partial charge in [0.1, 0.15) is 5.82 Å². The van der Waals surface area contributed by atoms with Crippen LogP contribution in [0, 0.1) is 0 Å². The van der Waals surface area contributed by atoms with Crippen molar-refractivity contribution in [3.8, 4) is 0 Å². The first-order chi connectivity index (χ1) is 13.3. The van der Waals surface area contributed by atoms with Gasteiger partial charge in [0.2, 0.25) is 0 Å². The van der Waals surface area contributed by atoms with Crippen molar-refractivity contribution >= 4 is 22.5 Å². The molecule has 27 heavy (non-hydrogen) atoms. The summed E-state index contributed by atoms with van der Waals surface area (Å²) in [4.78, 5) is 19.3. The Labute approximate surface area is 159 Å². The molecule has 1 amide bonds. The lowest BCUT2D eigenvalue weighted by atomic mass is 10.1. The van der Waals surface area contributed by atoms with Crippen LogP contribution in [0.5, 0.6) is 0 Å². The number of carbonyl (C=O) groups excluding carboxylic acids is 1. The zero-order valence-electron chi connectivity index (χ0n) is 15.2. The van der Waals surface area contributed by atoms with Gasteiger partial charge in [0, 0.05) is 43.4 Å². The lowest BCUT2D eigenvalue weighted by Crippen LogP contribution is -2.25. The number of benzene rings is 2. The fourth-order valence-corrected chi connectivity index (χ4v) is 3.37. The smallest absolute Gasteiger partial charge is 0.256 e. The number of fused-ring (bicyclic) bond motifs is 1. The Kier molecular flexibility index (Phi) is 5.42. The minimum Gasteiger partial charge on any atom is -0.380 e. The molecule has 1 aromatic heterocycles. The number of anilines is 1. The summed E-state index contributed by atoms with van der Waals surface area (Å²) in [6.07, 6.45) is 2.78. The summed E-state index contributed by atoms with van der Waals surface area (Å²) >= 11 is 0. The number of nitrogens with one attached hydrogen (secondary N) is 1. The maximum Gasteiger partial charge on any atom is 0.256 e. The van der Waals surface area contributed by atoms with Crippen molar-refractivity contribution in [2.75, 3.05) is 31.6 Å². The number of nitrogens with zero attached hydrogens (tertiary/aromatic N) is 2. The Hall–Kier alpha value is -2.76. The minimum atomic E-state index is -0.145. The van der Waals surface area contributed by atoms with Gasteiger partial charge < -0.3 is 10.1 Å². The number of amides is 1. The zero-order valence-corrected chi connectivity index (χ0v) is 15.2. The number of hydrogen-bond acceptors (Lipinski definition) is 4. The van der Waals surface area contributed by atoms with Gasteiger partial charge in [-0.15, -0.1) is 0 Å². The number of aromatic nitrogens is 1. The topological polar surface area (TPSA) is 54.5 Å². The van der Waals surface area contributed by atoms with Gasteiger partial charge in [-0.1, -0.05) is 36.4 Å². The van der Waals surface area contributed by atoms with E-state index in [1.807, 2.05) is 54.6 Å². The molecular weight excluding hydrogens is 338 g/mol. The third kappa shape index (κ3) is 4.32. The Morgan fingerprint density at radius 2 is 1.89 bits per heavy atom. The molecule has 1 N–H and O–H groups in total. The van der Waals surface area contributed by atoms with Crippen LogP contribution in [0.15, 0.2) is 60.8 Å². The second-order valence-corrected chi connectivity index (χ2v) is 6.77. The summed E-state index contributed by atoms with van der Waals surface area (Å²) < 4.78 is 5.50. The van der Waals surface area contributed by atoms with Gasteiger partial charge in [0.25, 0.3) is 5.91 Å². The molecule has 0 unspecified atom stereocenters. The molecule has 138 valence electrons. The molecule has 2 aromatic carbocycles. The molecule has 0 spiro atoms. The summed E-state index contributed by atoms with van der Waals surface area (Å²) in [6.45, 7) is 4.52. The van der Waals surface area contributed by atoms with Crippen LogP contribution in [0.1, 0.15) is 22.3 Å². The molecule has 0 aliphatic carbocycles. The monoisotopic (exact) mass is 361 g/mol. The minimum absolute atomic E-state index is 0.145. The lowest BCUT2D eigenvalue weighted by Gasteiger charge is -2.19. The first-order valence-corrected chi connectivity index (χ1v) is 9.34. The van der Waals surface area contributed by atoms with E-state index in [4.69, 9.17) is 4.74 Å². The number of hydrogen-bond donors (Lipinski definition) is 1. The largest absolute Gasteiger partial charge is 0.380 e. The van der Waals surface area contributed by atoms with Gasteiger partial charge in [-0.3, -0.25) is 9.69 Å². The Morgan fingerprint density at radius 3 is 2.78 bits per heavy atom. The molecule has 0 bridgehead atoms. The molecule has 0 saturated carbocycles. The standard InChI is InChI=1S/C22H23N3O2/c26-22(24-21-20-5-2-1-4-18(20)10-11-23-21)19-8-6-17(7-9-19)16-25-12-3-14-27-15-13-25/h1-2,4-11H,3,12-16H2,(H,23,24,26). The van der Waals surface area contributed by atoms with Gasteiger partial charge in [-0.2, -0.15) is 0 Å². The van der Waals surface area contributed by atoms with E-state index in [0.29, 0.717) is 11.4 Å². The highest BCUT2D eigenvalue weighted by molar-refractivity contribution is 6.08. The van der Waals surface area contributed by atoms with Crippen molar-refractivity contribution in [2.45, 2.75) is 13.0 Å². The number of rotatable bonds is 4. The van der Waals surface area contributed by atoms with Gasteiger partial charge in [0.15, 0.2) is 0 Å². The molecule has 5 nitrogen and oxygen atoms in total. The van der Waals surface area contributed by atoms with E-state index in [0.717, 1.165) is 50.0 Å². The van der Waals surface area contributed by atoms with Crippen LogP contribution in [0.2, 0.25) is 0 Å². The average molecular weight is 361 g/mol. The van der Waals surface area contributed by atoms with Crippen LogP contribution in [-0.2, 0) is 11.3 Å². The van der Waals surface area contributed by atoms with Gasteiger partial charge in [0.05, 0.1) is 6.61 Å². The quantitative estimate of drug-likeness (QED) is 0.770. The van der Waals surface area contributed by atoms with Crippen LogP contribution in [0.3, 0.4) is 0 Å². The third-order valence-corrected chi connectivity index (χ3v) is 4.84. The van der Waals surface area contributed by atoms with Gasteiger partial charge in [-0.05, 0) is 35.6 Å². The summed E-state index contributed by atoms with van der Waals surface area (Å²) in [7, 11) is 0. The van der Waals surface area contributed by atoms with Gasteiger partial charge >= 0.3 is 0 Å². The average Bonchev–Trinajstić information content (AvgIpc) is 2.97. The predicted octanol–water partition coefficient (Wildman–Crippen LogP) is 3.71. The van der Waals surface area contributed by atoms with E-state index in [1.54, 1.807) is 6.20 Å². The first kappa shape index (κ1) is 17.6. The van der Waals surface area contributed by atoms with E-state index in [1.165, 1.54) is 5.56 Å². The fourth-order valence-electron chi connectivity index (χ4n) is 3.37. The summed E-state index contributed by atoms with van der Waals surface area (Å²) in [5.74, 6) is 0.445. The van der Waals surface area contributed by atoms with Crippen molar-refractivity contribution in [1.29, 1.82) is 0 Å². The maximum absolute atomic E-state index is 12.6. The van der Waals surface area contributed by atoms with Gasteiger partial charge in [-0.25, -0.2) is 4.98 Å². The first-order valence-electron chi connectivity index (χ1n) is 9.34. The molecule has 0 radical (unpaired) electrons. The van der Waals surface area contributed by atoms with Crippen molar-refractivity contribution in [1.82, 2.24) is 9.88 Å². The van der Waals surface area contributed by atoms with E-state index >= 15 is 0 Å². The van der Waals surface area contributed by atoms with E-state index in [2.05, 4.69) is 15.2 Å². The Balaban J connectivity index is 1.44. The second kappa shape index (κ2) is 8.29. The molecule has 1 aliphatic heterocycles. The van der Waals surface area contributed by atoms with Crippen LogP contribution >= 0.6 is 0 Å². The van der Waals surface area contributed by atoms with Crippen LogP contribution in [0.4, 0.5) is 5.82 Å². The normalized spacial score (nSPS) is 15.4. The molecular formula is C22H23N3O2. The second-order valence-electron chi connectivity index (χ2n) is 6.77. The molecule has 0 atom stereocenters. The van der Waals surface area contributed by atoms with E-state index in [-0.39, 0.29) is 5.91 Å². The summed E-state index contributed by atoms with van der Waals surface area (Å²) in [5.41, 5.74) is 1.84. The lowest BCUT2D eigenvalue weighted by molar-refractivity contribution is 0.102. The zero-order chi connectivity index (χ0) is 18.5. The molecule has 5 heteroatoms. The van der Waals surface area contributed by atoms with Crippen LogP contribution in [0.25, 0.3) is 10.8 Å². The number of ether oxygens (including phenoxy) is 1. The highest BCUT2D eigenvalue weighted by Gasteiger charge is 2.12. The van der Waals surface area contributed by atoms with Crippen molar-refractivity contribution in [2.24, 2.45) is 0 Å². The Bertz CT molecular complexity index is 911. The SMILES string of the molecule is O=C(Nc1nccc2ccccc12)c1ccc(CN2CCCOCC2)cc1. The van der Waals surface area contributed by atoms with Crippen molar-refractivity contribution < 1.29 is 9.53 Å². The summed E-state index contributed by atoms with van der Waals surface area (Å²) in [5, 5.41) is 4.93. The third-order valence-electron chi connectivity index (χ3n) is 4.84. The van der Waals surface area contributed by atoms with Crippen molar-refractivity contribution in [3.05, 3.63) is 71.9 Å². The molecule has 1 aliphatic rings. The number of pyridine rings is 1. The maximum atomic E-state index is 12.6. The van der Waals surface area contributed by atoms with Crippen LogP contribution < -0.4 is 5.32 Å². The molecule has 2 heterocycles. The Morgan fingerprint density at radius 1 is 1.04 bits per heavy atom. The van der Waals surface area contributed by atoms with Crippen molar-refractivity contribution in [3.63, 3.8) is 0 Å². The van der Waals surface area contributed by atoms with Crippen LogP contribution in [-0.4, -0.2) is 42.1 Å². The summed E-state index contributed by atoms with van der Waals surface area (Å²) in [6, 6.07) is 17.6. The molecule has 1 fully saturated rings. The molecule has 4 rings (SSSR count). The van der Waals surface area contributed by atoms with E-state index in [9.17, 15) is 4.79 Å².